The zero-order chi connectivity index (χ0) is 20.1. The Kier molecular flexibility index (Phi) is 6.09. The van der Waals surface area contributed by atoms with Crippen LogP contribution in [-0.4, -0.2) is 36.5 Å². The number of anilines is 3. The van der Waals surface area contributed by atoms with E-state index in [2.05, 4.69) is 10.3 Å². The maximum Gasteiger partial charge on any atom is 0.357 e. The van der Waals surface area contributed by atoms with Crippen molar-refractivity contribution in [2.75, 3.05) is 9.62 Å². The zero-order valence-electron chi connectivity index (χ0n) is 13.1. The monoisotopic (exact) mass is 417 g/mol. The van der Waals surface area contributed by atoms with Crippen molar-refractivity contribution >= 4 is 56.6 Å². The molecule has 144 valence electrons. The number of thiazole rings is 1. The summed E-state index contributed by atoms with van der Waals surface area (Å²) in [6.07, 6.45) is 0. The van der Waals surface area contributed by atoms with E-state index in [1.807, 2.05) is 10.9 Å². The number of carboxylic acids is 1. The van der Waals surface area contributed by atoms with Gasteiger partial charge < -0.3 is 16.2 Å². The third kappa shape index (κ3) is 4.79. The first-order valence-electron chi connectivity index (χ1n) is 6.78. The second-order valence-corrected chi connectivity index (χ2v) is 6.35. The number of amides is 2. The third-order valence-electron chi connectivity index (χ3n) is 2.86. The van der Waals surface area contributed by atoms with Gasteiger partial charge in [0.2, 0.25) is 16.8 Å². The lowest BCUT2D eigenvalue weighted by Gasteiger charge is -2.17. The van der Waals surface area contributed by atoms with E-state index >= 15 is 0 Å². The van der Waals surface area contributed by atoms with Crippen LogP contribution in [0.4, 0.5) is 25.6 Å². The van der Waals surface area contributed by atoms with Gasteiger partial charge in [-0.3, -0.25) is 10.8 Å². The molecule has 0 unspecified atom stereocenters. The molecule has 1 aromatic carbocycles. The number of hydrogen-bond acceptors (Lipinski definition) is 7. The Morgan fingerprint density at radius 1 is 1.33 bits per heavy atom. The van der Waals surface area contributed by atoms with Crippen molar-refractivity contribution in [1.29, 1.82) is 5.41 Å². The molecule has 0 aliphatic heterocycles. The van der Waals surface area contributed by atoms with Crippen LogP contribution in [0.2, 0.25) is 0 Å². The summed E-state index contributed by atoms with van der Waals surface area (Å²) in [5.74, 6) is -2.98. The number of aromatic nitrogens is 1. The SMILES string of the molecule is N=C(N)NNC(=O)Nc1ccc(N(c2scnc2C(=O)O)[SH](=O)=O)cc1F. The maximum absolute atomic E-state index is 14.3. The smallest absolute Gasteiger partial charge is 0.357 e. The Morgan fingerprint density at radius 2 is 2.04 bits per heavy atom. The molecule has 0 saturated carbocycles. The van der Waals surface area contributed by atoms with Gasteiger partial charge in [0.15, 0.2) is 5.69 Å². The highest BCUT2D eigenvalue weighted by Gasteiger charge is 2.23. The van der Waals surface area contributed by atoms with Gasteiger partial charge in [-0.2, -0.15) is 0 Å². The number of nitrogens with zero attached hydrogens (tertiary/aromatic N) is 2. The average Bonchev–Trinajstić information content (AvgIpc) is 3.04. The topological polar surface area (TPSA) is 191 Å². The van der Waals surface area contributed by atoms with Crippen LogP contribution in [0.15, 0.2) is 23.7 Å². The van der Waals surface area contributed by atoms with Crippen LogP contribution in [0.5, 0.6) is 0 Å². The molecule has 1 heterocycles. The molecule has 0 radical (unpaired) electrons. The summed E-state index contributed by atoms with van der Waals surface area (Å²) in [5, 5.41) is 17.9. The normalized spacial score (nSPS) is 10.3. The molecule has 0 fully saturated rings. The molecule has 0 saturated heterocycles. The number of aromatic carboxylic acids is 1. The molecule has 0 spiro atoms. The molecule has 0 atom stereocenters. The lowest BCUT2D eigenvalue weighted by Crippen LogP contribution is -2.46. The Balaban J connectivity index is 2.31. The van der Waals surface area contributed by atoms with Crippen molar-refractivity contribution in [3.8, 4) is 0 Å². The largest absolute Gasteiger partial charge is 0.476 e. The van der Waals surface area contributed by atoms with Gasteiger partial charge in [-0.1, -0.05) is 0 Å². The van der Waals surface area contributed by atoms with Gasteiger partial charge in [0.25, 0.3) is 0 Å². The molecule has 0 aliphatic rings. The van der Waals surface area contributed by atoms with Crippen molar-refractivity contribution in [3.05, 3.63) is 35.2 Å². The van der Waals surface area contributed by atoms with Crippen LogP contribution >= 0.6 is 11.3 Å². The minimum absolute atomic E-state index is 0.191. The van der Waals surface area contributed by atoms with Gasteiger partial charge in [-0.15, -0.1) is 11.3 Å². The predicted molar refractivity (Wildman–Crippen MR) is 95.1 cm³/mol. The van der Waals surface area contributed by atoms with Crippen LogP contribution in [0.25, 0.3) is 0 Å². The fourth-order valence-corrected chi connectivity index (χ4v) is 3.45. The third-order valence-corrected chi connectivity index (χ3v) is 4.57. The maximum atomic E-state index is 14.3. The number of carbonyl (C=O) groups excluding carboxylic acids is 1. The molecule has 2 amide bonds. The number of rotatable bonds is 5. The molecular weight excluding hydrogens is 405 g/mol. The van der Waals surface area contributed by atoms with Gasteiger partial charge in [-0.25, -0.2) is 37.1 Å². The van der Waals surface area contributed by atoms with E-state index < -0.39 is 40.4 Å². The summed E-state index contributed by atoms with van der Waals surface area (Å²) in [4.78, 5) is 26.2. The highest BCUT2D eigenvalue weighted by atomic mass is 32.2. The van der Waals surface area contributed by atoms with E-state index in [9.17, 15) is 22.4 Å². The van der Waals surface area contributed by atoms with Crippen LogP contribution in [-0.2, 0) is 10.9 Å². The number of carboxylic acid groups (broad SMARTS) is 1. The molecule has 2 aromatic rings. The van der Waals surface area contributed by atoms with Gasteiger partial charge in [0.05, 0.1) is 16.9 Å². The predicted octanol–water partition coefficient (Wildman–Crippen LogP) is 0.164. The Labute approximate surface area is 156 Å². The zero-order valence-corrected chi connectivity index (χ0v) is 14.8. The van der Waals surface area contributed by atoms with Crippen molar-refractivity contribution < 1.29 is 27.5 Å². The van der Waals surface area contributed by atoms with Crippen LogP contribution in [0.1, 0.15) is 10.5 Å². The van der Waals surface area contributed by atoms with E-state index in [4.69, 9.17) is 16.2 Å². The molecule has 2 rings (SSSR count). The minimum Gasteiger partial charge on any atom is -0.476 e. The van der Waals surface area contributed by atoms with E-state index in [1.165, 1.54) is 0 Å². The number of nitrogens with one attached hydrogen (secondary N) is 4. The molecule has 12 nitrogen and oxygen atoms in total. The average molecular weight is 417 g/mol. The molecular formula is C12H12FN7O5S2. The number of thiol groups is 1. The number of nitrogens with two attached hydrogens (primary N) is 1. The standard InChI is InChI=1S/C12H12FN7O5S2/c13-6-3-5(1-2-7(6)17-12(23)19-18-11(14)15)20(27(24)25)9-8(10(21)22)16-4-26-9/h1-4,27H,(H,21,22)(H4,14,15,18)(H2,17,19,23). The lowest BCUT2D eigenvalue weighted by molar-refractivity contribution is 0.0692. The molecule has 15 heteroatoms. The number of halogens is 1. The van der Waals surface area contributed by atoms with E-state index in [0.29, 0.717) is 4.31 Å². The number of carbonyl (C=O) groups is 2. The molecule has 27 heavy (non-hydrogen) atoms. The Bertz CT molecular complexity index is 969. The first-order chi connectivity index (χ1) is 12.7. The quantitative estimate of drug-likeness (QED) is 0.155. The fraction of sp³-hybridized carbons (Fsp3) is 0. The second-order valence-electron chi connectivity index (χ2n) is 4.64. The Morgan fingerprint density at radius 3 is 2.59 bits per heavy atom. The van der Waals surface area contributed by atoms with Gasteiger partial charge in [0.1, 0.15) is 10.8 Å². The molecule has 7 N–H and O–H groups in total. The lowest BCUT2D eigenvalue weighted by atomic mass is 10.2. The summed E-state index contributed by atoms with van der Waals surface area (Å²) < 4.78 is 38.1. The second kappa shape index (κ2) is 8.28. The van der Waals surface area contributed by atoms with E-state index in [1.54, 1.807) is 0 Å². The number of hydrazine groups is 1. The summed E-state index contributed by atoms with van der Waals surface area (Å²) in [6, 6.07) is 2.10. The minimum atomic E-state index is -3.36. The summed E-state index contributed by atoms with van der Waals surface area (Å²) in [5.41, 5.74) is 9.07. The fourth-order valence-electron chi connectivity index (χ4n) is 1.84. The van der Waals surface area contributed by atoms with E-state index in [0.717, 1.165) is 35.0 Å². The van der Waals surface area contributed by atoms with E-state index in [-0.39, 0.29) is 16.4 Å². The van der Waals surface area contributed by atoms with Crippen molar-refractivity contribution in [3.63, 3.8) is 0 Å². The molecule has 1 aromatic heterocycles. The van der Waals surface area contributed by atoms with Gasteiger partial charge in [-0.05, 0) is 12.1 Å². The summed E-state index contributed by atoms with van der Waals surface area (Å²) in [7, 11) is -3.36. The van der Waals surface area contributed by atoms with Crippen LogP contribution in [0, 0.1) is 11.2 Å². The summed E-state index contributed by atoms with van der Waals surface area (Å²) >= 11 is 0.747. The van der Waals surface area contributed by atoms with Crippen molar-refractivity contribution in [1.82, 2.24) is 15.8 Å². The number of benzene rings is 1. The first kappa shape index (κ1) is 19.9. The molecule has 0 bridgehead atoms. The van der Waals surface area contributed by atoms with Crippen molar-refractivity contribution in [2.45, 2.75) is 0 Å². The van der Waals surface area contributed by atoms with Gasteiger partial charge in [0, 0.05) is 6.07 Å². The highest BCUT2D eigenvalue weighted by Crippen LogP contribution is 2.33. The van der Waals surface area contributed by atoms with Crippen LogP contribution < -0.4 is 26.2 Å². The highest BCUT2D eigenvalue weighted by molar-refractivity contribution is 7.74. The number of guanidine groups is 1. The molecule has 0 aliphatic carbocycles. The summed E-state index contributed by atoms with van der Waals surface area (Å²) in [6.45, 7) is 0. The Hall–Kier alpha value is -3.46. The number of urea groups is 1. The van der Waals surface area contributed by atoms with Gasteiger partial charge >= 0.3 is 12.0 Å². The number of hydrogen-bond donors (Lipinski definition) is 7. The van der Waals surface area contributed by atoms with Crippen molar-refractivity contribution in [2.24, 2.45) is 5.73 Å². The first-order valence-corrected chi connectivity index (χ1v) is 8.79. The van der Waals surface area contributed by atoms with Crippen LogP contribution in [0.3, 0.4) is 0 Å².